The highest BCUT2D eigenvalue weighted by Crippen LogP contribution is 2.22. The second kappa shape index (κ2) is 6.19. The molecule has 7 heteroatoms. The Hall–Kier alpha value is -2.67. The third kappa shape index (κ3) is 3.90. The number of carbonyl (C=O) groups is 3. The summed E-state index contributed by atoms with van der Waals surface area (Å²) in [5.41, 5.74) is 0.888. The summed E-state index contributed by atoms with van der Waals surface area (Å²) in [6.45, 7) is 1.38. The summed E-state index contributed by atoms with van der Waals surface area (Å²) < 4.78 is 0. The average Bonchev–Trinajstić information content (AvgIpc) is 2.87. The third-order valence-electron chi connectivity index (χ3n) is 2.50. The van der Waals surface area contributed by atoms with Gasteiger partial charge in [0, 0.05) is 18.2 Å². The Morgan fingerprint density at radius 2 is 1.86 bits per heavy atom. The Morgan fingerprint density at radius 3 is 2.48 bits per heavy atom. The monoisotopic (exact) mass is 304 g/mol. The minimum absolute atomic E-state index is 0.150. The highest BCUT2D eigenvalue weighted by atomic mass is 32.1. The lowest BCUT2D eigenvalue weighted by molar-refractivity contribution is -0.114. The number of carboxylic acids is 1. The van der Waals surface area contributed by atoms with Gasteiger partial charge in [0.15, 0.2) is 0 Å². The van der Waals surface area contributed by atoms with Gasteiger partial charge in [-0.1, -0.05) is 6.07 Å². The topological polar surface area (TPSA) is 95.5 Å². The Morgan fingerprint density at radius 1 is 1.10 bits per heavy atom. The van der Waals surface area contributed by atoms with Crippen LogP contribution in [-0.4, -0.2) is 22.9 Å². The first kappa shape index (κ1) is 14.7. The second-order valence-corrected chi connectivity index (χ2v) is 5.27. The molecule has 2 amide bonds. The van der Waals surface area contributed by atoms with E-state index in [0.29, 0.717) is 16.3 Å². The molecule has 0 unspecified atom stereocenters. The Bertz CT molecular complexity index is 709. The molecular formula is C14H12N2O4S. The van der Waals surface area contributed by atoms with Gasteiger partial charge >= 0.3 is 5.97 Å². The van der Waals surface area contributed by atoms with Crippen LogP contribution in [0.5, 0.6) is 0 Å². The van der Waals surface area contributed by atoms with Gasteiger partial charge in [-0.05, 0) is 30.3 Å². The molecule has 2 aromatic rings. The highest BCUT2D eigenvalue weighted by Gasteiger charge is 2.11. The van der Waals surface area contributed by atoms with Gasteiger partial charge in [0.1, 0.15) is 4.88 Å². The average molecular weight is 304 g/mol. The lowest BCUT2D eigenvalue weighted by Gasteiger charge is -2.06. The predicted octanol–water partition coefficient (Wildman–Crippen LogP) is 2.66. The number of aromatic carboxylic acids is 1. The zero-order chi connectivity index (χ0) is 15.4. The lowest BCUT2D eigenvalue weighted by atomic mass is 10.2. The number of thiophene rings is 1. The summed E-state index contributed by atoms with van der Waals surface area (Å²) >= 11 is 0.978. The van der Waals surface area contributed by atoms with Crippen LogP contribution in [0, 0.1) is 0 Å². The molecule has 1 aromatic heterocycles. The fourth-order valence-electron chi connectivity index (χ4n) is 1.65. The zero-order valence-electron chi connectivity index (χ0n) is 11.0. The SMILES string of the molecule is CC(=O)Nc1cccc(C(=O)Nc2ccc(C(=O)O)s2)c1. The van der Waals surface area contributed by atoms with Crippen molar-refractivity contribution < 1.29 is 19.5 Å². The van der Waals surface area contributed by atoms with Crippen LogP contribution in [0.15, 0.2) is 36.4 Å². The smallest absolute Gasteiger partial charge is 0.345 e. The summed E-state index contributed by atoms with van der Waals surface area (Å²) in [7, 11) is 0. The molecule has 3 N–H and O–H groups in total. The standard InChI is InChI=1S/C14H12N2O4S/c1-8(17)15-10-4-2-3-9(7-10)13(18)16-12-6-5-11(21-12)14(19)20/h2-7H,1H3,(H,15,17)(H,16,18)(H,19,20). The number of amides is 2. The summed E-state index contributed by atoms with van der Waals surface area (Å²) in [5.74, 6) is -1.63. The van der Waals surface area contributed by atoms with Crippen LogP contribution in [0.3, 0.4) is 0 Å². The van der Waals surface area contributed by atoms with Crippen LogP contribution in [0.25, 0.3) is 0 Å². The van der Waals surface area contributed by atoms with E-state index in [-0.39, 0.29) is 16.7 Å². The molecule has 1 aromatic carbocycles. The van der Waals surface area contributed by atoms with Crippen molar-refractivity contribution in [3.05, 3.63) is 46.8 Å². The van der Waals surface area contributed by atoms with Crippen molar-refractivity contribution in [1.29, 1.82) is 0 Å². The van der Waals surface area contributed by atoms with E-state index < -0.39 is 5.97 Å². The van der Waals surface area contributed by atoms with Crippen LogP contribution < -0.4 is 10.6 Å². The molecule has 0 saturated carbocycles. The minimum atomic E-state index is -1.03. The van der Waals surface area contributed by atoms with Crippen molar-refractivity contribution in [2.24, 2.45) is 0 Å². The van der Waals surface area contributed by atoms with E-state index in [4.69, 9.17) is 5.11 Å². The number of hydrogen-bond acceptors (Lipinski definition) is 4. The Labute approximate surface area is 124 Å². The number of anilines is 2. The van der Waals surface area contributed by atoms with E-state index in [0.717, 1.165) is 11.3 Å². The largest absolute Gasteiger partial charge is 0.477 e. The van der Waals surface area contributed by atoms with E-state index in [1.165, 1.54) is 19.1 Å². The molecule has 0 aliphatic carbocycles. The van der Waals surface area contributed by atoms with E-state index in [2.05, 4.69) is 10.6 Å². The van der Waals surface area contributed by atoms with Gasteiger partial charge < -0.3 is 15.7 Å². The predicted molar refractivity (Wildman–Crippen MR) is 80.0 cm³/mol. The summed E-state index contributed by atoms with van der Waals surface area (Å²) in [4.78, 5) is 34.0. The molecule has 0 saturated heterocycles. The second-order valence-electron chi connectivity index (χ2n) is 4.19. The molecule has 1 heterocycles. The lowest BCUT2D eigenvalue weighted by Crippen LogP contribution is -2.12. The van der Waals surface area contributed by atoms with Crippen LogP contribution in [-0.2, 0) is 4.79 Å². The summed E-state index contributed by atoms with van der Waals surface area (Å²) in [6, 6.07) is 9.43. The van der Waals surface area contributed by atoms with Crippen molar-refractivity contribution in [1.82, 2.24) is 0 Å². The maximum atomic E-state index is 12.1. The molecule has 108 valence electrons. The quantitative estimate of drug-likeness (QED) is 0.809. The van der Waals surface area contributed by atoms with Gasteiger partial charge in [0.2, 0.25) is 5.91 Å². The molecule has 0 radical (unpaired) electrons. The minimum Gasteiger partial charge on any atom is -0.477 e. The maximum Gasteiger partial charge on any atom is 0.345 e. The van der Waals surface area contributed by atoms with Gasteiger partial charge in [-0.3, -0.25) is 9.59 Å². The van der Waals surface area contributed by atoms with Gasteiger partial charge in [-0.15, -0.1) is 11.3 Å². The Balaban J connectivity index is 2.12. The molecule has 0 aliphatic heterocycles. The first-order chi connectivity index (χ1) is 9.95. The van der Waals surface area contributed by atoms with E-state index in [9.17, 15) is 14.4 Å². The van der Waals surface area contributed by atoms with Crippen molar-refractivity contribution in [2.75, 3.05) is 10.6 Å². The van der Waals surface area contributed by atoms with Gasteiger partial charge in [0.05, 0.1) is 5.00 Å². The molecule has 21 heavy (non-hydrogen) atoms. The fraction of sp³-hybridized carbons (Fsp3) is 0.0714. The van der Waals surface area contributed by atoms with Crippen molar-refractivity contribution in [3.63, 3.8) is 0 Å². The molecule has 0 aliphatic rings. The Kier molecular flexibility index (Phi) is 4.34. The van der Waals surface area contributed by atoms with Gasteiger partial charge in [-0.2, -0.15) is 0 Å². The molecule has 0 atom stereocenters. The molecule has 6 nitrogen and oxygen atoms in total. The summed E-state index contributed by atoms with van der Waals surface area (Å²) in [6.07, 6.45) is 0. The zero-order valence-corrected chi connectivity index (χ0v) is 11.9. The molecule has 0 bridgehead atoms. The first-order valence-corrected chi connectivity index (χ1v) is 6.79. The number of benzene rings is 1. The first-order valence-electron chi connectivity index (χ1n) is 5.98. The van der Waals surface area contributed by atoms with E-state index >= 15 is 0 Å². The van der Waals surface area contributed by atoms with Gasteiger partial charge in [-0.25, -0.2) is 4.79 Å². The molecule has 0 spiro atoms. The fourth-order valence-corrected chi connectivity index (χ4v) is 2.39. The normalized spacial score (nSPS) is 9.95. The molecular weight excluding hydrogens is 292 g/mol. The maximum absolute atomic E-state index is 12.1. The van der Waals surface area contributed by atoms with Crippen molar-refractivity contribution in [2.45, 2.75) is 6.92 Å². The number of carbonyl (C=O) groups excluding carboxylic acids is 2. The highest BCUT2D eigenvalue weighted by molar-refractivity contribution is 7.18. The number of rotatable bonds is 4. The third-order valence-corrected chi connectivity index (χ3v) is 3.49. The number of carboxylic acid groups (broad SMARTS) is 1. The molecule has 2 rings (SSSR count). The summed E-state index contributed by atoms with van der Waals surface area (Å²) in [5, 5.41) is 14.5. The van der Waals surface area contributed by atoms with Crippen LogP contribution in [0.2, 0.25) is 0 Å². The number of nitrogens with one attached hydrogen (secondary N) is 2. The van der Waals surface area contributed by atoms with Crippen molar-refractivity contribution in [3.8, 4) is 0 Å². The van der Waals surface area contributed by atoms with Crippen LogP contribution >= 0.6 is 11.3 Å². The van der Waals surface area contributed by atoms with E-state index in [1.54, 1.807) is 24.3 Å². The van der Waals surface area contributed by atoms with E-state index in [1.807, 2.05) is 0 Å². The van der Waals surface area contributed by atoms with Crippen molar-refractivity contribution >= 4 is 39.8 Å². The van der Waals surface area contributed by atoms with Crippen LogP contribution in [0.1, 0.15) is 27.0 Å². The van der Waals surface area contributed by atoms with Crippen LogP contribution in [0.4, 0.5) is 10.7 Å². The number of hydrogen-bond donors (Lipinski definition) is 3. The van der Waals surface area contributed by atoms with Gasteiger partial charge in [0.25, 0.3) is 5.91 Å². The molecule has 0 fully saturated rings.